The fourth-order valence-corrected chi connectivity index (χ4v) is 22.3. The van der Waals surface area contributed by atoms with Crippen molar-refractivity contribution in [2.75, 3.05) is 0 Å². The van der Waals surface area contributed by atoms with Crippen molar-refractivity contribution in [1.29, 1.82) is 15.8 Å². The van der Waals surface area contributed by atoms with Crippen LogP contribution in [-0.2, 0) is 0 Å². The molecule has 666 valence electrons. The lowest BCUT2D eigenvalue weighted by molar-refractivity contribution is 0.868. The average Bonchev–Trinajstić information content (AvgIpc) is 1.56. The molecule has 9 aromatic heterocycles. The Kier molecular flexibility index (Phi) is 19.2. The van der Waals surface area contributed by atoms with E-state index in [-0.39, 0.29) is 0 Å². The molecule has 0 aliphatic carbocycles. The quantitative estimate of drug-likeness (QED) is 0.129. The zero-order chi connectivity index (χ0) is 95.2. The molecular weight excluding hydrogens is 1750 g/mol. The van der Waals surface area contributed by atoms with Crippen LogP contribution in [0.25, 0.3) is 253 Å². The summed E-state index contributed by atoms with van der Waals surface area (Å²) >= 11 is 0. The van der Waals surface area contributed by atoms with E-state index in [4.69, 9.17) is 29.9 Å². The number of hydrogen-bond acceptors (Lipinski definition) is 9. The molecule has 9 heterocycles. The second-order valence-corrected chi connectivity index (χ2v) is 36.6. The number of hydrogen-bond donors (Lipinski definition) is 0. The average molecular weight is 1830 g/mol. The van der Waals surface area contributed by atoms with Crippen LogP contribution in [0.1, 0.15) is 42.4 Å². The zero-order valence-corrected chi connectivity index (χ0v) is 77.4. The predicted molar refractivity (Wildman–Crippen MR) is 584 cm³/mol. The van der Waals surface area contributed by atoms with Gasteiger partial charge in [0.2, 0.25) is 17.8 Å². The van der Waals surface area contributed by atoms with Crippen molar-refractivity contribution in [3.05, 3.63) is 459 Å². The fraction of sp³-hybridized carbons (Fsp3) is 0.0234. The molecule has 29 rings (SSSR count). The van der Waals surface area contributed by atoms with E-state index in [2.05, 4.69) is 411 Å². The van der Waals surface area contributed by atoms with E-state index >= 15 is 0 Å². The first kappa shape index (κ1) is 82.7. The van der Waals surface area contributed by atoms with Crippen molar-refractivity contribution in [3.63, 3.8) is 0 Å². The maximum Gasteiger partial charge on any atom is 0.236 e. The lowest BCUT2D eigenvalue weighted by Crippen LogP contribution is -2.03. The summed E-state index contributed by atoms with van der Waals surface area (Å²) in [5.74, 6) is 1.84. The molecule has 29 aromatic rings. The number of nitrogens with zero attached hydrogens (tertiary/aromatic N) is 15. The number of fused-ring (bicyclic) bond motifs is 25. The Hall–Kier alpha value is -19.8. The van der Waals surface area contributed by atoms with Gasteiger partial charge in [-0.05, 0) is 219 Å². The van der Waals surface area contributed by atoms with Crippen molar-refractivity contribution >= 4 is 185 Å². The van der Waals surface area contributed by atoms with Gasteiger partial charge in [0.15, 0.2) is 17.1 Å². The Morgan fingerprint density at radius 1 is 0.203 bits per heavy atom. The first-order valence-electron chi connectivity index (χ1n) is 47.9. The summed E-state index contributed by atoms with van der Waals surface area (Å²) in [4.78, 5) is 29.3. The third kappa shape index (κ3) is 13.1. The molecule has 0 unspecified atom stereocenters. The van der Waals surface area contributed by atoms with Gasteiger partial charge in [0.25, 0.3) is 0 Å². The van der Waals surface area contributed by atoms with Gasteiger partial charge in [-0.15, -0.1) is 0 Å². The maximum absolute atomic E-state index is 10.1. The largest absolute Gasteiger partial charge is 0.309 e. The lowest BCUT2D eigenvalue weighted by atomic mass is 9.94. The van der Waals surface area contributed by atoms with Gasteiger partial charge in [-0.25, -0.2) is 29.9 Å². The van der Waals surface area contributed by atoms with Gasteiger partial charge >= 0.3 is 0 Å². The van der Waals surface area contributed by atoms with E-state index in [1.807, 2.05) is 84.9 Å². The molecular formula is C128H79N15. The Morgan fingerprint density at radius 3 is 0.958 bits per heavy atom. The van der Waals surface area contributed by atoms with Gasteiger partial charge in [0.1, 0.15) is 18.2 Å². The smallest absolute Gasteiger partial charge is 0.236 e. The third-order valence-corrected chi connectivity index (χ3v) is 28.5. The Balaban J connectivity index is 0.000000107. The minimum absolute atomic E-state index is 0.364. The van der Waals surface area contributed by atoms with Crippen molar-refractivity contribution in [2.24, 2.45) is 0 Å². The summed E-state index contributed by atoms with van der Waals surface area (Å²) in [6.07, 6.45) is 0. The second-order valence-electron chi connectivity index (χ2n) is 36.6. The molecule has 0 aliphatic rings. The molecule has 0 aliphatic heterocycles. The van der Waals surface area contributed by atoms with Crippen molar-refractivity contribution in [1.82, 2.24) is 57.3 Å². The molecule has 0 spiro atoms. The number of rotatable bonds is 10. The van der Waals surface area contributed by atoms with E-state index < -0.39 is 0 Å². The molecule has 143 heavy (non-hydrogen) atoms. The molecule has 0 N–H and O–H groups in total. The van der Waals surface area contributed by atoms with E-state index in [1.165, 1.54) is 87.1 Å². The summed E-state index contributed by atoms with van der Waals surface area (Å²) in [6.45, 7) is 4.45. The van der Waals surface area contributed by atoms with Crippen LogP contribution in [-0.4, -0.2) is 57.3 Å². The molecule has 0 fully saturated rings. The Morgan fingerprint density at radius 2 is 0.503 bits per heavy atom. The minimum Gasteiger partial charge on any atom is -0.309 e. The predicted octanol–water partition coefficient (Wildman–Crippen LogP) is 31.5. The third-order valence-electron chi connectivity index (χ3n) is 28.5. The fourth-order valence-electron chi connectivity index (χ4n) is 22.3. The summed E-state index contributed by atoms with van der Waals surface area (Å²) in [5, 5.41) is 51.3. The number of benzene rings is 20. The number of para-hydroxylation sites is 9. The summed E-state index contributed by atoms with van der Waals surface area (Å²) in [6, 6.07) is 160. The van der Waals surface area contributed by atoms with Gasteiger partial charge in [0, 0.05) is 103 Å². The van der Waals surface area contributed by atoms with Gasteiger partial charge in [-0.2, -0.15) is 15.8 Å². The molecule has 20 aromatic carbocycles. The maximum atomic E-state index is 10.1. The van der Waals surface area contributed by atoms with Gasteiger partial charge in [0.05, 0.1) is 82.8 Å². The van der Waals surface area contributed by atoms with Crippen LogP contribution >= 0.6 is 0 Å². The molecule has 15 heteroatoms. The molecule has 15 nitrogen and oxygen atoms in total. The number of nitriles is 3. The highest BCUT2D eigenvalue weighted by molar-refractivity contribution is 6.29. The monoisotopic (exact) mass is 1830 g/mol. The summed E-state index contributed by atoms with van der Waals surface area (Å²) in [7, 11) is 0. The van der Waals surface area contributed by atoms with Gasteiger partial charge < -0.3 is 13.7 Å². The van der Waals surface area contributed by atoms with E-state index in [0.29, 0.717) is 40.8 Å². The molecule has 0 amide bonds. The zero-order valence-electron chi connectivity index (χ0n) is 77.4. The van der Waals surface area contributed by atoms with E-state index in [0.717, 1.165) is 154 Å². The van der Waals surface area contributed by atoms with E-state index in [1.54, 1.807) is 0 Å². The molecule has 0 radical (unpaired) electrons. The van der Waals surface area contributed by atoms with Crippen molar-refractivity contribution in [3.8, 4) is 86.5 Å². The van der Waals surface area contributed by atoms with Crippen LogP contribution in [0.3, 0.4) is 0 Å². The first-order valence-corrected chi connectivity index (χ1v) is 47.9. The van der Waals surface area contributed by atoms with E-state index in [9.17, 15) is 15.8 Å². The van der Waals surface area contributed by atoms with Crippen LogP contribution < -0.4 is 0 Å². The van der Waals surface area contributed by atoms with Crippen LogP contribution in [0.2, 0.25) is 0 Å². The number of aromatic nitrogens is 12. The van der Waals surface area contributed by atoms with Gasteiger partial charge in [-0.3, -0.25) is 13.7 Å². The van der Waals surface area contributed by atoms with Crippen molar-refractivity contribution < 1.29 is 0 Å². The highest BCUT2D eigenvalue weighted by Gasteiger charge is 2.29. The topological polar surface area (TPSA) is 178 Å². The normalized spacial score (nSPS) is 11.7. The van der Waals surface area contributed by atoms with Crippen LogP contribution in [0.15, 0.2) is 437 Å². The highest BCUT2D eigenvalue weighted by Crippen LogP contribution is 2.50. The van der Waals surface area contributed by atoms with Crippen molar-refractivity contribution in [2.45, 2.75) is 19.8 Å². The Bertz CT molecular complexity index is 10500. The summed E-state index contributed by atoms with van der Waals surface area (Å²) in [5.41, 5.74) is 27.9. The SMILES string of the molecule is CC(C)c1ccc2c(c1)c1cc(-c3ccc4c(c3)c3ccc5ccccc5c3n4-c3ccccc3)ccc1n2-c1nc(C#N)c2ccccc2n1.N#Cc1nc(-n2c3ccccc3c3c(-c4cccc5c4c4c6ccccc6ccc4n5-c4ccccc4)cccc32)nc2ccccc12.N#Cc1nc(-n2c3ccccc3c3c(-c4cccc5c4c4ccccc4n5-c4ccccc4)cccc32)nc2ccccc12. The minimum atomic E-state index is 0.364. The lowest BCUT2D eigenvalue weighted by Gasteiger charge is -2.11. The molecule has 0 bridgehead atoms. The molecule has 0 saturated heterocycles. The Labute approximate surface area is 818 Å². The molecule has 0 atom stereocenters. The summed E-state index contributed by atoms with van der Waals surface area (Å²) < 4.78 is 13.4. The van der Waals surface area contributed by atoms with Crippen LogP contribution in [0.4, 0.5) is 0 Å². The second kappa shape index (κ2) is 33.3. The molecule has 0 saturated carbocycles. The highest BCUT2D eigenvalue weighted by atomic mass is 15.2. The standard InChI is InChI=1S/C46H31N5.C43H25N5.C39H23N5/c1-28(2)30-17-21-43-38(24-30)39-26-32(19-23-44(39)51(43)46-48-40-15-9-8-14-36(40)41(27-47)49-46)31-18-22-42-37(25-31)35-20-16-29-10-6-7-13-34(29)45(35)50(42)33-11-4-3-5-12-33;44-26-35-32-16-6-8-20-34(32)45-43(46-35)48-36-21-9-7-17-33(36)40-30(18-10-22-37(40)48)31-19-11-23-38-42(31)41-29-15-5-4-12-27(29)24-25-39(41)47(38)28-13-2-1-3-14-28;40-24-32-28-14-4-7-19-31(28)41-39(42-32)44-34-21-9-6-16-30(34)38-27(18-11-23-36(38)44)26-17-10-22-35-37(26)29-15-5-8-20-33(29)43(35)25-12-2-1-3-13-25/h3-26,28H,1-2H3;1-25H;1-23H. The van der Waals surface area contributed by atoms with Crippen LogP contribution in [0, 0.1) is 34.0 Å². The van der Waals surface area contributed by atoms with Gasteiger partial charge in [-0.1, -0.05) is 293 Å². The van der Waals surface area contributed by atoms with Crippen LogP contribution in [0.5, 0.6) is 0 Å². The first-order chi connectivity index (χ1) is 70.7.